The Morgan fingerprint density at radius 1 is 1.08 bits per heavy atom. The van der Waals surface area contributed by atoms with Crippen molar-refractivity contribution in [3.05, 3.63) is 29.3 Å². The molecule has 3 heteroatoms. The van der Waals surface area contributed by atoms with Crippen LogP contribution >= 0.6 is 0 Å². The highest BCUT2D eigenvalue weighted by atomic mass is 16.3. The van der Waals surface area contributed by atoms with Gasteiger partial charge in [-0.2, -0.15) is 0 Å². The lowest BCUT2D eigenvalue weighted by molar-refractivity contribution is 0.0997. The third-order valence-corrected chi connectivity index (χ3v) is 1.77. The standard InChI is InChI=1S/C10H9O3/c1-6(11)8-3-4-9(7(2)12)10(13)5-8/h3-5H,1-2H3. The second-order valence-electron chi connectivity index (χ2n) is 2.82. The predicted octanol–water partition coefficient (Wildman–Crippen LogP) is 2.24. The monoisotopic (exact) mass is 177 g/mol. The zero-order valence-corrected chi connectivity index (χ0v) is 7.46. The van der Waals surface area contributed by atoms with E-state index in [1.807, 2.05) is 0 Å². The lowest BCUT2D eigenvalue weighted by Crippen LogP contribution is -1.96. The van der Waals surface area contributed by atoms with Crippen molar-refractivity contribution in [1.82, 2.24) is 0 Å². The molecule has 0 saturated carbocycles. The van der Waals surface area contributed by atoms with Gasteiger partial charge in [-0.1, -0.05) is 6.07 Å². The third kappa shape index (κ3) is 1.93. The van der Waals surface area contributed by atoms with Gasteiger partial charge in [-0.25, -0.2) is 0 Å². The van der Waals surface area contributed by atoms with Crippen LogP contribution in [-0.2, 0) is 5.11 Å². The first-order valence-corrected chi connectivity index (χ1v) is 3.85. The van der Waals surface area contributed by atoms with Gasteiger partial charge in [0.2, 0.25) is 0 Å². The van der Waals surface area contributed by atoms with Crippen molar-refractivity contribution in [2.45, 2.75) is 13.8 Å². The largest absolute Gasteiger partial charge is 0.295 e. The van der Waals surface area contributed by atoms with E-state index in [2.05, 4.69) is 0 Å². The van der Waals surface area contributed by atoms with Crippen molar-refractivity contribution in [3.63, 3.8) is 0 Å². The molecule has 0 saturated heterocycles. The molecule has 0 unspecified atom stereocenters. The second kappa shape index (κ2) is 3.39. The number of carbonyl (C=O) groups excluding carboxylic acids is 2. The van der Waals surface area contributed by atoms with Gasteiger partial charge in [0.05, 0.1) is 5.56 Å². The number of hydrogen-bond acceptors (Lipinski definition) is 2. The van der Waals surface area contributed by atoms with Gasteiger partial charge < -0.3 is 0 Å². The number of benzene rings is 1. The van der Waals surface area contributed by atoms with Crippen molar-refractivity contribution in [3.8, 4) is 5.75 Å². The summed E-state index contributed by atoms with van der Waals surface area (Å²) in [6.07, 6.45) is 0. The summed E-state index contributed by atoms with van der Waals surface area (Å²) in [5.74, 6) is -0.840. The zero-order valence-electron chi connectivity index (χ0n) is 7.46. The Morgan fingerprint density at radius 3 is 2.08 bits per heavy atom. The number of Topliss-reactive ketones (excluding diaryl/α,β-unsaturated/α-hetero) is 2. The van der Waals surface area contributed by atoms with Crippen LogP contribution in [0.5, 0.6) is 5.75 Å². The van der Waals surface area contributed by atoms with E-state index in [9.17, 15) is 14.7 Å². The third-order valence-electron chi connectivity index (χ3n) is 1.77. The van der Waals surface area contributed by atoms with Crippen LogP contribution < -0.4 is 0 Å². The van der Waals surface area contributed by atoms with E-state index in [-0.39, 0.29) is 22.9 Å². The van der Waals surface area contributed by atoms with Crippen molar-refractivity contribution in [1.29, 1.82) is 0 Å². The second-order valence-corrected chi connectivity index (χ2v) is 2.82. The van der Waals surface area contributed by atoms with Gasteiger partial charge in [0.1, 0.15) is 0 Å². The molecule has 1 aromatic rings. The van der Waals surface area contributed by atoms with Crippen LogP contribution in [0, 0.1) is 0 Å². The number of carbonyl (C=O) groups is 2. The first kappa shape index (κ1) is 9.45. The number of rotatable bonds is 2. The molecular formula is C10H9O3. The van der Waals surface area contributed by atoms with Crippen molar-refractivity contribution in [2.75, 3.05) is 0 Å². The number of hydrogen-bond donors (Lipinski definition) is 0. The minimum Gasteiger partial charge on any atom is -0.295 e. The van der Waals surface area contributed by atoms with Crippen LogP contribution in [0.3, 0.4) is 0 Å². The summed E-state index contributed by atoms with van der Waals surface area (Å²) in [5.41, 5.74) is 0.472. The van der Waals surface area contributed by atoms with Crippen LogP contribution in [0.1, 0.15) is 34.6 Å². The molecule has 0 fully saturated rings. The van der Waals surface area contributed by atoms with Crippen molar-refractivity contribution < 1.29 is 14.7 Å². The average molecular weight is 177 g/mol. The van der Waals surface area contributed by atoms with E-state index in [0.29, 0.717) is 5.56 Å². The number of ketones is 2. The van der Waals surface area contributed by atoms with Gasteiger partial charge in [0, 0.05) is 5.56 Å². The molecule has 0 aliphatic carbocycles. The molecule has 0 amide bonds. The first-order chi connectivity index (χ1) is 6.02. The molecule has 1 aromatic carbocycles. The Labute approximate surface area is 76.0 Å². The molecule has 67 valence electrons. The molecule has 0 N–H and O–H groups in total. The van der Waals surface area contributed by atoms with Gasteiger partial charge in [-0.05, 0) is 26.0 Å². The van der Waals surface area contributed by atoms with Crippen LogP contribution in [0.4, 0.5) is 0 Å². The fourth-order valence-corrected chi connectivity index (χ4v) is 1.03. The highest BCUT2D eigenvalue weighted by Gasteiger charge is 2.10. The molecule has 1 rings (SSSR count). The van der Waals surface area contributed by atoms with Gasteiger partial charge in [-0.15, -0.1) is 0 Å². The maximum absolute atomic E-state index is 11.2. The Morgan fingerprint density at radius 2 is 1.69 bits per heavy atom. The van der Waals surface area contributed by atoms with Crippen LogP contribution in [0.2, 0.25) is 0 Å². The first-order valence-electron chi connectivity index (χ1n) is 3.85. The van der Waals surface area contributed by atoms with E-state index in [0.717, 1.165) is 0 Å². The van der Waals surface area contributed by atoms with Crippen molar-refractivity contribution in [2.24, 2.45) is 0 Å². The topological polar surface area (TPSA) is 54.0 Å². The molecular weight excluding hydrogens is 168 g/mol. The fourth-order valence-electron chi connectivity index (χ4n) is 1.03. The minimum atomic E-state index is -0.389. The Balaban J connectivity index is 3.20. The molecule has 0 atom stereocenters. The molecule has 3 nitrogen and oxygen atoms in total. The van der Waals surface area contributed by atoms with Crippen LogP contribution in [0.25, 0.3) is 0 Å². The lowest BCUT2D eigenvalue weighted by Gasteiger charge is -1.99. The fraction of sp³-hybridized carbons (Fsp3) is 0.200. The highest BCUT2D eigenvalue weighted by Crippen LogP contribution is 2.20. The Kier molecular flexibility index (Phi) is 2.46. The summed E-state index contributed by atoms with van der Waals surface area (Å²) >= 11 is 0. The summed E-state index contributed by atoms with van der Waals surface area (Å²) in [5, 5.41) is 11.2. The summed E-state index contributed by atoms with van der Waals surface area (Å²) in [6.45, 7) is 2.70. The molecule has 0 bridgehead atoms. The van der Waals surface area contributed by atoms with Gasteiger partial charge in [0.15, 0.2) is 17.3 Å². The van der Waals surface area contributed by atoms with E-state index < -0.39 is 0 Å². The maximum atomic E-state index is 11.2. The predicted molar refractivity (Wildman–Crippen MR) is 46.6 cm³/mol. The molecule has 0 heterocycles. The Hall–Kier alpha value is -1.64. The molecule has 13 heavy (non-hydrogen) atoms. The lowest BCUT2D eigenvalue weighted by atomic mass is 10.1. The van der Waals surface area contributed by atoms with Crippen LogP contribution in [-0.4, -0.2) is 11.6 Å². The Bertz CT molecular complexity index is 366. The van der Waals surface area contributed by atoms with Gasteiger partial charge in [0.25, 0.3) is 0 Å². The molecule has 0 aliphatic rings. The zero-order chi connectivity index (χ0) is 10.0. The van der Waals surface area contributed by atoms with Gasteiger partial charge in [-0.3, -0.25) is 14.7 Å². The molecule has 0 aliphatic heterocycles. The quantitative estimate of drug-likeness (QED) is 0.650. The molecule has 0 spiro atoms. The minimum absolute atomic E-state index is 0.130. The summed E-state index contributed by atoms with van der Waals surface area (Å²) in [7, 11) is 0. The smallest absolute Gasteiger partial charge is 0.190 e. The van der Waals surface area contributed by atoms with E-state index in [4.69, 9.17) is 0 Å². The van der Waals surface area contributed by atoms with Crippen molar-refractivity contribution >= 4 is 11.6 Å². The summed E-state index contributed by atoms with van der Waals surface area (Å²) in [6, 6.07) is 4.07. The summed E-state index contributed by atoms with van der Waals surface area (Å²) in [4.78, 5) is 21.7. The SMILES string of the molecule is CC(=O)c1ccc(C(C)=O)c([O])c1. The normalized spacial score (nSPS) is 9.69. The summed E-state index contributed by atoms with van der Waals surface area (Å²) < 4.78 is 0. The average Bonchev–Trinajstić information content (AvgIpc) is 2.03. The maximum Gasteiger partial charge on any atom is 0.190 e. The molecule has 1 radical (unpaired) electrons. The molecule has 0 aromatic heterocycles. The van der Waals surface area contributed by atoms with E-state index in [1.54, 1.807) is 0 Å². The van der Waals surface area contributed by atoms with Crippen LogP contribution in [0.15, 0.2) is 18.2 Å². The highest BCUT2D eigenvalue weighted by molar-refractivity contribution is 5.99. The van der Waals surface area contributed by atoms with E-state index >= 15 is 0 Å². The van der Waals surface area contributed by atoms with E-state index in [1.165, 1.54) is 32.0 Å². The van der Waals surface area contributed by atoms with Gasteiger partial charge >= 0.3 is 0 Å².